The monoisotopic (exact) mass is 233 g/mol. The fraction of sp³-hybridized carbons (Fsp3) is 0.273. The minimum Gasteiger partial charge on any atom is -0.366 e. The molecule has 6 heteroatoms. The summed E-state index contributed by atoms with van der Waals surface area (Å²) in [6, 6.07) is 6.81. The van der Waals surface area contributed by atoms with E-state index in [9.17, 15) is 14.9 Å². The van der Waals surface area contributed by atoms with Crippen molar-refractivity contribution in [3.05, 3.63) is 46.0 Å². The second kappa shape index (κ2) is 4.73. The van der Waals surface area contributed by atoms with Gasteiger partial charge in [-0.15, -0.1) is 0 Å². The highest BCUT2D eigenvalue weighted by Crippen LogP contribution is 2.08. The van der Waals surface area contributed by atoms with E-state index in [-0.39, 0.29) is 5.84 Å². The number of Topliss-reactive ketones (excluding diaryl/α,β-unsaturated/α-hetero) is 1. The number of hydrogen-bond acceptors (Lipinski definition) is 5. The van der Waals surface area contributed by atoms with E-state index in [1.54, 1.807) is 30.3 Å². The Morgan fingerprint density at radius 1 is 1.41 bits per heavy atom. The van der Waals surface area contributed by atoms with Gasteiger partial charge in [-0.25, -0.2) is 0 Å². The lowest BCUT2D eigenvalue weighted by molar-refractivity contribution is -0.487. The van der Waals surface area contributed by atoms with Gasteiger partial charge in [0.2, 0.25) is 5.78 Å². The fourth-order valence-electron chi connectivity index (χ4n) is 1.68. The molecule has 1 N–H and O–H groups in total. The van der Waals surface area contributed by atoms with Crippen LogP contribution in [0.15, 0.2) is 35.3 Å². The van der Waals surface area contributed by atoms with Crippen LogP contribution in [-0.2, 0) is 0 Å². The van der Waals surface area contributed by atoms with Crippen molar-refractivity contribution in [1.29, 1.82) is 0 Å². The van der Waals surface area contributed by atoms with Gasteiger partial charge in [0.1, 0.15) is 0 Å². The molecule has 88 valence electrons. The zero-order valence-electron chi connectivity index (χ0n) is 9.00. The van der Waals surface area contributed by atoms with E-state index in [0.29, 0.717) is 18.7 Å². The second-order valence-electron chi connectivity index (χ2n) is 3.61. The molecule has 0 bridgehead atoms. The van der Waals surface area contributed by atoms with Gasteiger partial charge in [0.25, 0.3) is 0 Å². The summed E-state index contributed by atoms with van der Waals surface area (Å²) in [5.41, 5.74) is 0.325. The topological polar surface area (TPSA) is 84.6 Å². The predicted octanol–water partition coefficient (Wildman–Crippen LogP) is 0.516. The summed E-state index contributed by atoms with van der Waals surface area (Å²) >= 11 is 0. The molecule has 1 heterocycles. The first-order valence-corrected chi connectivity index (χ1v) is 5.21. The molecule has 1 aliphatic heterocycles. The molecule has 1 unspecified atom stereocenters. The highest BCUT2D eigenvalue weighted by Gasteiger charge is 2.37. The van der Waals surface area contributed by atoms with Crippen LogP contribution in [0.1, 0.15) is 10.4 Å². The Morgan fingerprint density at radius 2 is 2.12 bits per heavy atom. The zero-order chi connectivity index (χ0) is 12.3. The predicted molar refractivity (Wildman–Crippen MR) is 61.9 cm³/mol. The Balaban J connectivity index is 2.28. The SMILES string of the molecule is O=C(c1ccccc1)C(C1=NCCN1)[N+](=O)[O-]. The van der Waals surface area contributed by atoms with Crippen molar-refractivity contribution < 1.29 is 9.72 Å². The first kappa shape index (κ1) is 11.3. The molecule has 1 aromatic carbocycles. The van der Waals surface area contributed by atoms with Crippen molar-refractivity contribution in [2.45, 2.75) is 6.04 Å². The normalized spacial score (nSPS) is 15.9. The van der Waals surface area contributed by atoms with Crippen LogP contribution in [0, 0.1) is 10.1 Å². The van der Waals surface area contributed by atoms with Crippen molar-refractivity contribution in [3.8, 4) is 0 Å². The summed E-state index contributed by atoms with van der Waals surface area (Å²) in [5, 5.41) is 13.7. The van der Waals surface area contributed by atoms with Crippen molar-refractivity contribution >= 4 is 11.6 Å². The van der Waals surface area contributed by atoms with Gasteiger partial charge in [-0.2, -0.15) is 0 Å². The first-order chi connectivity index (χ1) is 8.20. The Bertz CT molecular complexity index is 470. The van der Waals surface area contributed by atoms with Crippen LogP contribution in [0.5, 0.6) is 0 Å². The van der Waals surface area contributed by atoms with Crippen molar-refractivity contribution in [2.75, 3.05) is 13.1 Å². The van der Waals surface area contributed by atoms with Gasteiger partial charge in [-0.3, -0.25) is 19.9 Å². The first-order valence-electron chi connectivity index (χ1n) is 5.21. The van der Waals surface area contributed by atoms with Crippen LogP contribution in [-0.4, -0.2) is 35.7 Å². The maximum absolute atomic E-state index is 12.0. The highest BCUT2D eigenvalue weighted by atomic mass is 16.6. The van der Waals surface area contributed by atoms with Gasteiger partial charge < -0.3 is 5.32 Å². The average molecular weight is 233 g/mol. The minimum atomic E-state index is -1.42. The molecule has 0 radical (unpaired) electrons. The van der Waals surface area contributed by atoms with Crippen LogP contribution in [0.25, 0.3) is 0 Å². The molecule has 0 saturated heterocycles. The van der Waals surface area contributed by atoms with E-state index in [1.807, 2.05) is 0 Å². The standard InChI is InChI=1S/C11H11N3O3/c15-10(8-4-2-1-3-5-8)9(14(16)17)11-12-6-7-13-11/h1-5,9H,6-7H2,(H,12,13). The lowest BCUT2D eigenvalue weighted by atomic mass is 10.0. The number of amidine groups is 1. The van der Waals surface area contributed by atoms with Gasteiger partial charge in [0.15, 0.2) is 5.84 Å². The Morgan fingerprint density at radius 3 is 2.65 bits per heavy atom. The molecular formula is C11H11N3O3. The lowest BCUT2D eigenvalue weighted by Crippen LogP contribution is -2.43. The highest BCUT2D eigenvalue weighted by molar-refractivity contribution is 6.14. The molecule has 1 atom stereocenters. The van der Waals surface area contributed by atoms with Crippen LogP contribution >= 0.6 is 0 Å². The number of carbonyl (C=O) groups excluding carboxylic acids is 1. The number of nitrogens with zero attached hydrogens (tertiary/aromatic N) is 2. The number of hydrogen-bond donors (Lipinski definition) is 1. The van der Waals surface area contributed by atoms with E-state index in [2.05, 4.69) is 10.3 Å². The van der Waals surface area contributed by atoms with E-state index in [0.717, 1.165) is 0 Å². The molecule has 0 aliphatic carbocycles. The smallest absolute Gasteiger partial charge is 0.330 e. The molecule has 2 rings (SSSR count). The number of ketones is 1. The third-order valence-corrected chi connectivity index (χ3v) is 2.48. The molecule has 1 aliphatic rings. The largest absolute Gasteiger partial charge is 0.366 e. The van der Waals surface area contributed by atoms with Gasteiger partial charge >= 0.3 is 6.04 Å². The number of benzene rings is 1. The molecule has 0 fully saturated rings. The lowest BCUT2D eigenvalue weighted by Gasteiger charge is -2.08. The van der Waals surface area contributed by atoms with Crippen LogP contribution in [0.3, 0.4) is 0 Å². The second-order valence-corrected chi connectivity index (χ2v) is 3.61. The molecule has 6 nitrogen and oxygen atoms in total. The maximum atomic E-state index is 12.0. The number of carbonyl (C=O) groups is 1. The van der Waals surface area contributed by atoms with Gasteiger partial charge in [-0.05, 0) is 0 Å². The molecule has 0 amide bonds. The van der Waals surface area contributed by atoms with Crippen molar-refractivity contribution in [2.24, 2.45) is 4.99 Å². The summed E-state index contributed by atoms with van der Waals surface area (Å²) in [6.07, 6.45) is 0. The average Bonchev–Trinajstić information content (AvgIpc) is 2.83. The number of aliphatic imine (C=N–C) groups is 1. The summed E-state index contributed by atoms with van der Waals surface area (Å²) in [7, 11) is 0. The molecule has 0 aromatic heterocycles. The Labute approximate surface area is 97.5 Å². The van der Waals surface area contributed by atoms with Gasteiger partial charge in [0.05, 0.1) is 6.54 Å². The molecule has 0 spiro atoms. The van der Waals surface area contributed by atoms with Crippen molar-refractivity contribution in [1.82, 2.24) is 5.32 Å². The molecule has 1 aromatic rings. The fourth-order valence-corrected chi connectivity index (χ4v) is 1.68. The third-order valence-electron chi connectivity index (χ3n) is 2.48. The van der Waals surface area contributed by atoms with Crippen LogP contribution in [0.4, 0.5) is 0 Å². The number of nitrogens with one attached hydrogen (secondary N) is 1. The molecule has 0 saturated carbocycles. The Hall–Kier alpha value is -2.24. The summed E-state index contributed by atoms with van der Waals surface area (Å²) in [6.45, 7) is 1.02. The van der Waals surface area contributed by atoms with E-state index >= 15 is 0 Å². The summed E-state index contributed by atoms with van der Waals surface area (Å²) in [5.74, 6) is -0.382. The van der Waals surface area contributed by atoms with Crippen molar-refractivity contribution in [3.63, 3.8) is 0 Å². The zero-order valence-corrected chi connectivity index (χ0v) is 9.00. The Kier molecular flexibility index (Phi) is 3.13. The van der Waals surface area contributed by atoms with E-state index < -0.39 is 16.7 Å². The van der Waals surface area contributed by atoms with Crippen LogP contribution < -0.4 is 5.32 Å². The number of nitro groups is 1. The number of rotatable bonds is 4. The molecular weight excluding hydrogens is 222 g/mol. The summed E-state index contributed by atoms with van der Waals surface area (Å²) < 4.78 is 0. The maximum Gasteiger partial charge on any atom is 0.330 e. The van der Waals surface area contributed by atoms with E-state index in [4.69, 9.17) is 0 Å². The summed E-state index contributed by atoms with van der Waals surface area (Å²) in [4.78, 5) is 26.3. The van der Waals surface area contributed by atoms with Crippen LogP contribution in [0.2, 0.25) is 0 Å². The molecule has 17 heavy (non-hydrogen) atoms. The van der Waals surface area contributed by atoms with E-state index in [1.165, 1.54) is 0 Å². The van der Waals surface area contributed by atoms with Gasteiger partial charge in [0, 0.05) is 17.0 Å². The quantitative estimate of drug-likeness (QED) is 0.466. The third kappa shape index (κ3) is 2.30. The van der Waals surface area contributed by atoms with Gasteiger partial charge in [-0.1, -0.05) is 30.3 Å². The minimum absolute atomic E-state index is 0.156.